The van der Waals surface area contributed by atoms with Crippen LogP contribution in [0.5, 0.6) is 0 Å². The fourth-order valence-electron chi connectivity index (χ4n) is 3.83. The zero-order valence-corrected chi connectivity index (χ0v) is 12.6. The van der Waals surface area contributed by atoms with Gasteiger partial charge in [0.15, 0.2) is 0 Å². The summed E-state index contributed by atoms with van der Waals surface area (Å²) >= 11 is 1.59. The van der Waals surface area contributed by atoms with E-state index in [1.54, 1.807) is 16.2 Å². The first-order valence-electron chi connectivity index (χ1n) is 7.10. The molecule has 20 heavy (non-hydrogen) atoms. The van der Waals surface area contributed by atoms with E-state index in [0.29, 0.717) is 18.0 Å². The summed E-state index contributed by atoms with van der Waals surface area (Å²) < 4.78 is 0. The molecule has 2 aliphatic rings. The maximum absolute atomic E-state index is 12.7. The Morgan fingerprint density at radius 2 is 2.10 bits per heavy atom. The molecule has 1 saturated carbocycles. The van der Waals surface area contributed by atoms with Crippen LogP contribution in [0.4, 0.5) is 0 Å². The van der Waals surface area contributed by atoms with Gasteiger partial charge in [-0.25, -0.2) is 4.79 Å². The molecule has 0 spiro atoms. The summed E-state index contributed by atoms with van der Waals surface area (Å²) in [7, 11) is 0. The molecule has 2 heterocycles. The van der Waals surface area contributed by atoms with Gasteiger partial charge in [-0.3, -0.25) is 4.79 Å². The van der Waals surface area contributed by atoms with Crippen molar-refractivity contribution in [3.05, 3.63) is 21.4 Å². The van der Waals surface area contributed by atoms with Gasteiger partial charge in [0, 0.05) is 16.3 Å². The summed E-state index contributed by atoms with van der Waals surface area (Å²) in [5.41, 5.74) is 0.679. The number of nitrogens with zero attached hydrogens (tertiary/aromatic N) is 1. The number of carbonyl (C=O) groups excluding carboxylic acids is 1. The highest BCUT2D eigenvalue weighted by Gasteiger charge is 2.49. The quantitative estimate of drug-likeness (QED) is 0.912. The largest absolute Gasteiger partial charge is 0.480 e. The zero-order valence-electron chi connectivity index (χ0n) is 11.8. The first kappa shape index (κ1) is 13.6. The molecule has 1 amide bonds. The first-order valence-corrected chi connectivity index (χ1v) is 7.91. The first-order chi connectivity index (χ1) is 9.49. The Hall–Kier alpha value is -1.36. The summed E-state index contributed by atoms with van der Waals surface area (Å²) in [5.74, 6) is -0.428. The topological polar surface area (TPSA) is 57.6 Å². The molecule has 1 N–H and O–H groups in total. The summed E-state index contributed by atoms with van der Waals surface area (Å²) in [4.78, 5) is 28.0. The van der Waals surface area contributed by atoms with Crippen molar-refractivity contribution in [3.8, 4) is 0 Å². The number of likely N-dealkylation sites (tertiary alicyclic amines) is 1. The number of hydrogen-bond donors (Lipinski definition) is 1. The SMILES string of the molecule is Cc1cc(C(=O)N2CC3CCCC3C2C(=O)O)c(C)s1. The number of thiophene rings is 1. The van der Waals surface area contributed by atoms with E-state index in [9.17, 15) is 14.7 Å². The molecule has 1 aliphatic heterocycles. The molecule has 108 valence electrons. The average molecular weight is 293 g/mol. The van der Waals surface area contributed by atoms with Gasteiger partial charge in [0.1, 0.15) is 6.04 Å². The zero-order chi connectivity index (χ0) is 14.4. The minimum Gasteiger partial charge on any atom is -0.480 e. The van der Waals surface area contributed by atoms with Crippen LogP contribution in [0.25, 0.3) is 0 Å². The molecule has 3 atom stereocenters. The Labute approximate surface area is 122 Å². The highest BCUT2D eigenvalue weighted by molar-refractivity contribution is 7.12. The van der Waals surface area contributed by atoms with Crippen LogP contribution in [-0.4, -0.2) is 34.5 Å². The smallest absolute Gasteiger partial charge is 0.326 e. The van der Waals surface area contributed by atoms with Gasteiger partial charge in [0.05, 0.1) is 5.56 Å². The van der Waals surface area contributed by atoms with Crippen molar-refractivity contribution < 1.29 is 14.7 Å². The van der Waals surface area contributed by atoms with E-state index < -0.39 is 12.0 Å². The standard InChI is InChI=1S/C15H19NO3S/c1-8-6-12(9(2)20-8)14(17)16-7-10-4-3-5-11(10)13(16)15(18)19/h6,10-11,13H,3-5,7H2,1-2H3,(H,18,19). The van der Waals surface area contributed by atoms with Gasteiger partial charge in [-0.15, -0.1) is 11.3 Å². The fourth-order valence-corrected chi connectivity index (χ4v) is 4.74. The molecular weight excluding hydrogens is 274 g/mol. The van der Waals surface area contributed by atoms with Gasteiger partial charge < -0.3 is 10.0 Å². The highest BCUT2D eigenvalue weighted by atomic mass is 32.1. The Morgan fingerprint density at radius 3 is 2.70 bits per heavy atom. The van der Waals surface area contributed by atoms with Crippen molar-refractivity contribution in [1.82, 2.24) is 4.90 Å². The summed E-state index contributed by atoms with van der Waals surface area (Å²) in [6.45, 7) is 4.51. The van der Waals surface area contributed by atoms with Crippen LogP contribution < -0.4 is 0 Å². The van der Waals surface area contributed by atoms with Crippen LogP contribution in [0, 0.1) is 25.7 Å². The average Bonchev–Trinajstić information content (AvgIpc) is 3.00. The molecule has 0 bridgehead atoms. The summed E-state index contributed by atoms with van der Waals surface area (Å²) in [6.07, 6.45) is 3.09. The van der Waals surface area contributed by atoms with Crippen molar-refractivity contribution in [1.29, 1.82) is 0 Å². The van der Waals surface area contributed by atoms with Crippen LogP contribution in [0.3, 0.4) is 0 Å². The minimum atomic E-state index is -0.850. The minimum absolute atomic E-state index is 0.103. The number of carboxylic acid groups (broad SMARTS) is 1. The number of hydrogen-bond acceptors (Lipinski definition) is 3. The van der Waals surface area contributed by atoms with Crippen molar-refractivity contribution in [3.63, 3.8) is 0 Å². The maximum Gasteiger partial charge on any atom is 0.326 e. The van der Waals surface area contributed by atoms with Gasteiger partial charge in [-0.1, -0.05) is 6.42 Å². The second-order valence-electron chi connectivity index (χ2n) is 5.92. The summed E-state index contributed by atoms with van der Waals surface area (Å²) in [5, 5.41) is 9.51. The molecule has 1 aliphatic carbocycles. The molecule has 0 radical (unpaired) electrons. The number of amides is 1. The molecule has 1 aromatic heterocycles. The predicted molar refractivity (Wildman–Crippen MR) is 77.1 cm³/mol. The lowest BCUT2D eigenvalue weighted by Gasteiger charge is -2.24. The highest BCUT2D eigenvalue weighted by Crippen LogP contribution is 2.43. The van der Waals surface area contributed by atoms with Crippen LogP contribution in [0.2, 0.25) is 0 Å². The van der Waals surface area contributed by atoms with E-state index in [4.69, 9.17) is 0 Å². The van der Waals surface area contributed by atoms with Crippen LogP contribution in [-0.2, 0) is 4.79 Å². The van der Waals surface area contributed by atoms with Gasteiger partial charge in [0.2, 0.25) is 0 Å². The third-order valence-electron chi connectivity index (χ3n) is 4.68. The number of aliphatic carboxylic acids is 1. The molecule has 1 saturated heterocycles. The molecule has 1 aromatic rings. The fraction of sp³-hybridized carbons (Fsp3) is 0.600. The third-order valence-corrected chi connectivity index (χ3v) is 5.64. The van der Waals surface area contributed by atoms with Crippen LogP contribution in [0.15, 0.2) is 6.07 Å². The van der Waals surface area contributed by atoms with Crippen molar-refractivity contribution in [2.45, 2.75) is 39.2 Å². The Balaban J connectivity index is 1.91. The van der Waals surface area contributed by atoms with Crippen molar-refractivity contribution in [2.75, 3.05) is 6.54 Å². The van der Waals surface area contributed by atoms with Gasteiger partial charge in [-0.05, 0) is 44.6 Å². The lowest BCUT2D eigenvalue weighted by atomic mass is 9.94. The number of carboxylic acids is 1. The summed E-state index contributed by atoms with van der Waals surface area (Å²) in [6, 6.07) is 1.25. The van der Waals surface area contributed by atoms with Crippen molar-refractivity contribution in [2.24, 2.45) is 11.8 Å². The lowest BCUT2D eigenvalue weighted by Crippen LogP contribution is -2.43. The lowest BCUT2D eigenvalue weighted by molar-refractivity contribution is -0.142. The Kier molecular flexibility index (Phi) is 3.32. The molecule has 0 aromatic carbocycles. The van der Waals surface area contributed by atoms with Crippen molar-refractivity contribution >= 4 is 23.2 Å². The number of fused-ring (bicyclic) bond motifs is 1. The predicted octanol–water partition coefficient (Wildman–Crippen LogP) is 2.69. The number of carbonyl (C=O) groups is 2. The molecule has 4 nitrogen and oxygen atoms in total. The van der Waals surface area contributed by atoms with Gasteiger partial charge in [-0.2, -0.15) is 0 Å². The van der Waals surface area contributed by atoms with E-state index in [-0.39, 0.29) is 11.8 Å². The Morgan fingerprint density at radius 1 is 1.35 bits per heavy atom. The molecule has 3 unspecified atom stereocenters. The van der Waals surface area contributed by atoms with E-state index in [1.807, 2.05) is 19.9 Å². The molecule has 2 fully saturated rings. The molecule has 3 rings (SSSR count). The third kappa shape index (κ3) is 2.04. The number of rotatable bonds is 2. The number of aryl methyl sites for hydroxylation is 2. The second kappa shape index (κ2) is 4.88. The van der Waals surface area contributed by atoms with E-state index >= 15 is 0 Å². The maximum atomic E-state index is 12.7. The van der Waals surface area contributed by atoms with Crippen LogP contribution in [0.1, 0.15) is 39.4 Å². The van der Waals surface area contributed by atoms with E-state index in [0.717, 1.165) is 29.0 Å². The molecular formula is C15H19NO3S. The van der Waals surface area contributed by atoms with Crippen LogP contribution >= 0.6 is 11.3 Å². The van der Waals surface area contributed by atoms with E-state index in [1.165, 1.54) is 0 Å². The van der Waals surface area contributed by atoms with Gasteiger partial charge >= 0.3 is 5.97 Å². The van der Waals surface area contributed by atoms with E-state index in [2.05, 4.69) is 0 Å². The normalized spacial score (nSPS) is 28.7. The monoisotopic (exact) mass is 293 g/mol. The molecule has 5 heteroatoms. The Bertz CT molecular complexity index is 565. The van der Waals surface area contributed by atoms with Gasteiger partial charge in [0.25, 0.3) is 5.91 Å². The second-order valence-corrected chi connectivity index (χ2v) is 7.38.